The van der Waals surface area contributed by atoms with Gasteiger partial charge in [0.1, 0.15) is 0 Å². The van der Waals surface area contributed by atoms with Crippen LogP contribution in [0.4, 0.5) is 0 Å². The van der Waals surface area contributed by atoms with Crippen molar-refractivity contribution in [2.45, 2.75) is 13.0 Å². The minimum Gasteiger partial charge on any atom is -0.334 e. The minimum absolute atomic E-state index is 0.100. The molecule has 150 valence electrons. The van der Waals surface area contributed by atoms with E-state index in [1.807, 2.05) is 54.2 Å². The van der Waals surface area contributed by atoms with E-state index >= 15 is 0 Å². The summed E-state index contributed by atoms with van der Waals surface area (Å²) in [7, 11) is 1.89. The molecular weight excluding hydrogens is 402 g/mol. The number of aryl methyl sites for hydroxylation is 1. The van der Waals surface area contributed by atoms with Gasteiger partial charge in [0.25, 0.3) is 11.8 Å². The minimum atomic E-state index is -0.100. The Hall–Kier alpha value is -3.45. The van der Waals surface area contributed by atoms with Crippen molar-refractivity contribution in [1.82, 2.24) is 24.8 Å². The number of hydrogen-bond donors (Lipinski definition) is 0. The number of halogens is 1. The molecule has 8 heteroatoms. The lowest BCUT2D eigenvalue weighted by atomic mass is 10.0. The van der Waals surface area contributed by atoms with Crippen LogP contribution in [0.15, 0.2) is 59.1 Å². The molecule has 0 bridgehead atoms. The highest BCUT2D eigenvalue weighted by atomic mass is 35.5. The van der Waals surface area contributed by atoms with Crippen LogP contribution in [-0.2, 0) is 20.0 Å². The number of benzene rings is 2. The van der Waals surface area contributed by atoms with Gasteiger partial charge in [-0.05, 0) is 12.1 Å². The third kappa shape index (κ3) is 3.17. The first kappa shape index (κ1) is 18.6. The number of rotatable bonds is 3. The van der Waals surface area contributed by atoms with Crippen molar-refractivity contribution >= 4 is 17.5 Å². The summed E-state index contributed by atoms with van der Waals surface area (Å²) in [6.07, 6.45) is 0.689. The summed E-state index contributed by atoms with van der Waals surface area (Å²) in [4.78, 5) is 19.4. The summed E-state index contributed by atoms with van der Waals surface area (Å²) in [5, 5.41) is 9.16. The molecule has 0 unspecified atom stereocenters. The fourth-order valence-electron chi connectivity index (χ4n) is 3.77. The number of carbonyl (C=O) groups excluding carboxylic acids is 1. The maximum Gasteiger partial charge on any atom is 0.279 e. The molecule has 1 amide bonds. The number of aromatic nitrogens is 4. The number of nitrogens with zero attached hydrogens (tertiary/aromatic N) is 5. The monoisotopic (exact) mass is 419 g/mol. The van der Waals surface area contributed by atoms with Gasteiger partial charge >= 0.3 is 0 Å². The molecule has 0 radical (unpaired) electrons. The van der Waals surface area contributed by atoms with Crippen LogP contribution in [0.25, 0.3) is 23.0 Å². The maximum atomic E-state index is 13.0. The highest BCUT2D eigenvalue weighted by molar-refractivity contribution is 6.33. The predicted octanol–water partition coefficient (Wildman–Crippen LogP) is 3.99. The van der Waals surface area contributed by atoms with Crippen LogP contribution in [0.2, 0.25) is 5.02 Å². The molecular formula is C22H18ClN5O2. The maximum absolute atomic E-state index is 13.0. The van der Waals surface area contributed by atoms with Crippen molar-refractivity contribution in [2.75, 3.05) is 6.54 Å². The molecule has 2 aromatic heterocycles. The molecule has 1 aliphatic rings. The molecule has 0 N–H and O–H groups in total. The number of carbonyl (C=O) groups is 1. The average Bonchev–Trinajstić information content (AvgIpc) is 3.39. The third-order valence-corrected chi connectivity index (χ3v) is 5.62. The van der Waals surface area contributed by atoms with Crippen LogP contribution >= 0.6 is 11.6 Å². The number of fused-ring (bicyclic) bond motifs is 1. The van der Waals surface area contributed by atoms with Crippen LogP contribution in [0, 0.1) is 0 Å². The van der Waals surface area contributed by atoms with Crippen LogP contribution in [0.5, 0.6) is 0 Å². The van der Waals surface area contributed by atoms with Crippen LogP contribution in [0.3, 0.4) is 0 Å². The Morgan fingerprint density at radius 3 is 2.67 bits per heavy atom. The van der Waals surface area contributed by atoms with Crippen molar-refractivity contribution in [2.24, 2.45) is 7.05 Å². The molecule has 2 aromatic carbocycles. The van der Waals surface area contributed by atoms with E-state index in [1.165, 1.54) is 0 Å². The Bertz CT molecular complexity index is 1230. The molecule has 0 saturated heterocycles. The van der Waals surface area contributed by atoms with Gasteiger partial charge in [-0.15, -0.1) is 0 Å². The van der Waals surface area contributed by atoms with Gasteiger partial charge in [-0.25, -0.2) is 0 Å². The molecule has 3 heterocycles. The predicted molar refractivity (Wildman–Crippen MR) is 112 cm³/mol. The molecule has 7 nitrogen and oxygen atoms in total. The van der Waals surface area contributed by atoms with Gasteiger partial charge < -0.3 is 9.42 Å². The van der Waals surface area contributed by atoms with E-state index in [1.54, 1.807) is 17.0 Å². The molecule has 30 heavy (non-hydrogen) atoms. The van der Waals surface area contributed by atoms with Crippen molar-refractivity contribution in [3.05, 3.63) is 76.4 Å². The number of hydrogen-bond acceptors (Lipinski definition) is 5. The zero-order valence-electron chi connectivity index (χ0n) is 16.2. The van der Waals surface area contributed by atoms with Crippen LogP contribution in [-0.4, -0.2) is 37.3 Å². The summed E-state index contributed by atoms with van der Waals surface area (Å²) >= 11 is 6.23. The summed E-state index contributed by atoms with van der Waals surface area (Å²) in [6, 6.07) is 16.7. The Morgan fingerprint density at radius 1 is 1.10 bits per heavy atom. The second kappa shape index (κ2) is 7.42. The first-order valence-electron chi connectivity index (χ1n) is 9.60. The standard InChI is InChI=1S/C22H18ClN5O2/c1-27-18-11-12-28(22(29)15-9-5-6-10-17(15)23)13-16(18)19(25-27)21-24-20(26-30-21)14-7-3-2-4-8-14/h2-10H,11-13H2,1H3. The van der Waals surface area contributed by atoms with Crippen molar-refractivity contribution in [3.8, 4) is 23.0 Å². The fourth-order valence-corrected chi connectivity index (χ4v) is 3.98. The van der Waals surface area contributed by atoms with E-state index < -0.39 is 0 Å². The van der Waals surface area contributed by atoms with Gasteiger partial charge in [0, 0.05) is 36.8 Å². The summed E-state index contributed by atoms with van der Waals surface area (Å²) in [5.74, 6) is 0.749. The lowest BCUT2D eigenvalue weighted by Gasteiger charge is -2.27. The van der Waals surface area contributed by atoms with E-state index in [0.29, 0.717) is 47.5 Å². The third-order valence-electron chi connectivity index (χ3n) is 5.29. The van der Waals surface area contributed by atoms with Gasteiger partial charge in [-0.1, -0.05) is 59.2 Å². The molecule has 1 aliphatic heterocycles. The van der Waals surface area contributed by atoms with E-state index in [-0.39, 0.29) is 5.91 Å². The first-order valence-corrected chi connectivity index (χ1v) is 9.97. The summed E-state index contributed by atoms with van der Waals surface area (Å²) < 4.78 is 7.35. The van der Waals surface area contributed by atoms with Crippen molar-refractivity contribution in [1.29, 1.82) is 0 Å². The second-order valence-electron chi connectivity index (χ2n) is 7.14. The lowest BCUT2D eigenvalue weighted by molar-refractivity contribution is 0.0734. The zero-order valence-corrected chi connectivity index (χ0v) is 17.0. The van der Waals surface area contributed by atoms with E-state index in [2.05, 4.69) is 15.2 Å². The van der Waals surface area contributed by atoms with Crippen LogP contribution < -0.4 is 0 Å². The molecule has 0 atom stereocenters. The smallest absolute Gasteiger partial charge is 0.279 e. The largest absolute Gasteiger partial charge is 0.334 e. The molecule has 5 rings (SSSR count). The van der Waals surface area contributed by atoms with Gasteiger partial charge in [0.05, 0.1) is 17.1 Å². The molecule has 0 spiro atoms. The van der Waals surface area contributed by atoms with E-state index in [0.717, 1.165) is 16.8 Å². The number of amides is 1. The SMILES string of the molecule is Cn1nc(-c2nc(-c3ccccc3)no2)c2c1CCN(C(=O)c1ccccc1Cl)C2. The van der Waals surface area contributed by atoms with Crippen molar-refractivity contribution < 1.29 is 9.32 Å². The quantitative estimate of drug-likeness (QED) is 0.501. The van der Waals surface area contributed by atoms with Gasteiger partial charge in [0.2, 0.25) is 5.82 Å². The second-order valence-corrected chi connectivity index (χ2v) is 7.55. The molecule has 0 aliphatic carbocycles. The Labute approximate surface area is 177 Å². The van der Waals surface area contributed by atoms with Crippen molar-refractivity contribution in [3.63, 3.8) is 0 Å². The molecule has 0 saturated carbocycles. The Balaban J connectivity index is 1.48. The highest BCUT2D eigenvalue weighted by Crippen LogP contribution is 2.31. The van der Waals surface area contributed by atoms with Gasteiger partial charge in [-0.2, -0.15) is 10.1 Å². The van der Waals surface area contributed by atoms with Gasteiger partial charge in [0.15, 0.2) is 5.69 Å². The highest BCUT2D eigenvalue weighted by Gasteiger charge is 2.30. The molecule has 0 fully saturated rings. The normalized spacial score (nSPS) is 13.3. The first-order chi connectivity index (χ1) is 14.6. The molecule has 4 aromatic rings. The summed E-state index contributed by atoms with van der Waals surface area (Å²) in [5.41, 5.74) is 3.96. The van der Waals surface area contributed by atoms with Gasteiger partial charge in [-0.3, -0.25) is 9.48 Å². The lowest BCUT2D eigenvalue weighted by Crippen LogP contribution is -2.36. The Kier molecular flexibility index (Phi) is 4.59. The van der Waals surface area contributed by atoms with Crippen LogP contribution in [0.1, 0.15) is 21.6 Å². The van der Waals surface area contributed by atoms with E-state index in [9.17, 15) is 4.79 Å². The Morgan fingerprint density at radius 2 is 1.87 bits per heavy atom. The topological polar surface area (TPSA) is 77.1 Å². The average molecular weight is 420 g/mol. The zero-order chi connectivity index (χ0) is 20.7. The fraction of sp³-hybridized carbons (Fsp3) is 0.182. The van der Waals surface area contributed by atoms with E-state index in [4.69, 9.17) is 16.1 Å². The summed E-state index contributed by atoms with van der Waals surface area (Å²) in [6.45, 7) is 1.00.